The molecular formula is C13H17ClO4S2. The first-order chi connectivity index (χ1) is 9.34. The molecule has 0 N–H and O–H groups in total. The van der Waals surface area contributed by atoms with Crippen molar-refractivity contribution in [3.63, 3.8) is 0 Å². The number of halogens is 1. The van der Waals surface area contributed by atoms with Crippen molar-refractivity contribution in [2.45, 2.75) is 49.3 Å². The largest absolute Gasteiger partial charge is 0.462 e. The molecule has 1 heterocycles. The van der Waals surface area contributed by atoms with Crippen molar-refractivity contribution in [2.75, 3.05) is 0 Å². The summed E-state index contributed by atoms with van der Waals surface area (Å²) in [7, 11) is 1.53. The minimum absolute atomic E-state index is 0.00916. The average Bonchev–Trinajstić information content (AvgIpc) is 2.80. The highest BCUT2D eigenvalue weighted by atomic mass is 35.7. The van der Waals surface area contributed by atoms with E-state index in [2.05, 4.69) is 6.92 Å². The van der Waals surface area contributed by atoms with E-state index < -0.39 is 9.05 Å². The molecule has 1 fully saturated rings. The lowest BCUT2D eigenvalue weighted by atomic mass is 9.89. The first-order valence-electron chi connectivity index (χ1n) is 6.57. The summed E-state index contributed by atoms with van der Waals surface area (Å²) in [6.07, 6.45) is 4.12. The van der Waals surface area contributed by atoms with E-state index in [4.69, 9.17) is 15.4 Å². The summed E-state index contributed by atoms with van der Waals surface area (Å²) < 4.78 is 27.8. The summed E-state index contributed by atoms with van der Waals surface area (Å²) in [6, 6.07) is 3.02. The molecule has 112 valence electrons. The zero-order valence-corrected chi connectivity index (χ0v) is 13.6. The molecule has 1 aromatic heterocycles. The third kappa shape index (κ3) is 4.46. The number of esters is 1. The van der Waals surface area contributed by atoms with E-state index in [0.29, 0.717) is 10.8 Å². The molecule has 0 atom stereocenters. The molecule has 7 heteroatoms. The van der Waals surface area contributed by atoms with Gasteiger partial charge in [0.05, 0.1) is 6.42 Å². The van der Waals surface area contributed by atoms with Gasteiger partial charge < -0.3 is 4.74 Å². The van der Waals surface area contributed by atoms with Crippen molar-refractivity contribution in [1.29, 1.82) is 0 Å². The molecule has 20 heavy (non-hydrogen) atoms. The second-order valence-corrected chi connectivity index (χ2v) is 9.17. The minimum atomic E-state index is -3.71. The summed E-state index contributed by atoms with van der Waals surface area (Å²) in [6.45, 7) is 2.21. The van der Waals surface area contributed by atoms with Crippen molar-refractivity contribution in [1.82, 2.24) is 0 Å². The maximum atomic E-state index is 11.8. The Bertz CT molecular complexity index is 571. The van der Waals surface area contributed by atoms with E-state index in [1.807, 2.05) is 0 Å². The van der Waals surface area contributed by atoms with Gasteiger partial charge in [-0.1, -0.05) is 6.92 Å². The van der Waals surface area contributed by atoms with Gasteiger partial charge in [-0.05, 0) is 43.7 Å². The van der Waals surface area contributed by atoms with Crippen LogP contribution in [-0.4, -0.2) is 20.5 Å². The number of hydrogen-bond acceptors (Lipinski definition) is 5. The molecule has 0 aromatic carbocycles. The fraction of sp³-hybridized carbons (Fsp3) is 0.615. The van der Waals surface area contributed by atoms with Crippen LogP contribution < -0.4 is 0 Å². The van der Waals surface area contributed by atoms with Crippen LogP contribution >= 0.6 is 22.0 Å². The average molecular weight is 337 g/mol. The third-order valence-electron chi connectivity index (χ3n) is 3.46. The Kier molecular flexibility index (Phi) is 5.09. The number of thiophene rings is 1. The van der Waals surface area contributed by atoms with Gasteiger partial charge in [0.15, 0.2) is 0 Å². The Labute approximate surface area is 127 Å². The summed E-state index contributed by atoms with van der Waals surface area (Å²) in [5, 5.41) is 0. The van der Waals surface area contributed by atoms with Gasteiger partial charge in [0, 0.05) is 15.6 Å². The van der Waals surface area contributed by atoms with Crippen LogP contribution in [-0.2, 0) is 25.0 Å². The van der Waals surface area contributed by atoms with Crippen LogP contribution in [0.25, 0.3) is 0 Å². The maximum Gasteiger partial charge on any atom is 0.311 e. The highest BCUT2D eigenvalue weighted by Crippen LogP contribution is 2.27. The zero-order valence-electron chi connectivity index (χ0n) is 11.2. The van der Waals surface area contributed by atoms with Crippen LogP contribution in [0.2, 0.25) is 0 Å². The molecule has 1 aliphatic rings. The molecule has 0 spiro atoms. The van der Waals surface area contributed by atoms with E-state index in [9.17, 15) is 13.2 Å². The van der Waals surface area contributed by atoms with E-state index in [1.165, 1.54) is 6.07 Å². The van der Waals surface area contributed by atoms with Crippen molar-refractivity contribution in [3.05, 3.63) is 17.0 Å². The Hall–Kier alpha value is -0.590. The lowest BCUT2D eigenvalue weighted by Crippen LogP contribution is -2.24. The fourth-order valence-corrected chi connectivity index (χ4v) is 4.41. The number of carbonyl (C=O) groups is 1. The maximum absolute atomic E-state index is 11.8. The quantitative estimate of drug-likeness (QED) is 0.625. The monoisotopic (exact) mass is 336 g/mol. The SMILES string of the molecule is CC1CCC(OC(=O)Cc2ccc(S(=O)(=O)Cl)s2)CC1. The van der Waals surface area contributed by atoms with Gasteiger partial charge in [-0.3, -0.25) is 4.79 Å². The van der Waals surface area contributed by atoms with E-state index in [0.717, 1.165) is 37.0 Å². The van der Waals surface area contributed by atoms with Crippen LogP contribution in [0.5, 0.6) is 0 Å². The summed E-state index contributed by atoms with van der Waals surface area (Å²) in [4.78, 5) is 12.5. The Morgan fingerprint density at radius 1 is 1.35 bits per heavy atom. The van der Waals surface area contributed by atoms with Crippen LogP contribution in [0.15, 0.2) is 16.3 Å². The molecule has 1 aromatic rings. The Balaban J connectivity index is 1.87. The topological polar surface area (TPSA) is 60.4 Å². The molecule has 0 aliphatic heterocycles. The number of hydrogen-bond donors (Lipinski definition) is 0. The van der Waals surface area contributed by atoms with Gasteiger partial charge in [0.25, 0.3) is 9.05 Å². The molecule has 0 unspecified atom stereocenters. The van der Waals surface area contributed by atoms with Gasteiger partial charge in [0.1, 0.15) is 10.3 Å². The lowest BCUT2D eigenvalue weighted by Gasteiger charge is -2.25. The summed E-state index contributed by atoms with van der Waals surface area (Å²) in [5.74, 6) is 0.406. The highest BCUT2D eigenvalue weighted by Gasteiger charge is 2.22. The van der Waals surface area contributed by atoms with Crippen molar-refractivity contribution in [2.24, 2.45) is 5.92 Å². The summed E-state index contributed by atoms with van der Waals surface area (Å²) >= 11 is 1.01. The molecule has 0 bridgehead atoms. The molecular weight excluding hydrogens is 320 g/mol. The van der Waals surface area contributed by atoms with Gasteiger partial charge >= 0.3 is 5.97 Å². The summed E-state index contributed by atoms with van der Waals surface area (Å²) in [5.41, 5.74) is 0. The highest BCUT2D eigenvalue weighted by molar-refractivity contribution is 8.15. The molecule has 0 radical (unpaired) electrons. The normalized spacial score (nSPS) is 23.5. The lowest BCUT2D eigenvalue weighted by molar-refractivity contribution is -0.150. The molecule has 2 rings (SSSR count). The number of carbonyl (C=O) groups excluding carboxylic acids is 1. The smallest absolute Gasteiger partial charge is 0.311 e. The fourth-order valence-electron chi connectivity index (χ4n) is 2.30. The van der Waals surface area contributed by atoms with Crippen LogP contribution in [0.1, 0.15) is 37.5 Å². The number of rotatable bonds is 4. The van der Waals surface area contributed by atoms with Gasteiger partial charge in [-0.25, -0.2) is 8.42 Å². The van der Waals surface area contributed by atoms with E-state index in [1.54, 1.807) is 6.07 Å². The van der Waals surface area contributed by atoms with Crippen LogP contribution in [0, 0.1) is 5.92 Å². The first kappa shape index (κ1) is 15.8. The Morgan fingerprint density at radius 2 is 2.00 bits per heavy atom. The molecule has 0 saturated heterocycles. The number of ether oxygens (including phenoxy) is 1. The van der Waals surface area contributed by atoms with Crippen molar-refractivity contribution >= 4 is 37.0 Å². The van der Waals surface area contributed by atoms with Gasteiger partial charge in [-0.15, -0.1) is 11.3 Å². The minimum Gasteiger partial charge on any atom is -0.462 e. The van der Waals surface area contributed by atoms with E-state index in [-0.39, 0.29) is 22.7 Å². The van der Waals surface area contributed by atoms with E-state index >= 15 is 0 Å². The van der Waals surface area contributed by atoms with Gasteiger partial charge in [0.2, 0.25) is 0 Å². The predicted molar refractivity (Wildman–Crippen MR) is 78.6 cm³/mol. The third-order valence-corrected chi connectivity index (χ3v) is 6.63. The second kappa shape index (κ2) is 6.45. The predicted octanol–water partition coefficient (Wildman–Crippen LogP) is 3.34. The molecule has 1 saturated carbocycles. The van der Waals surface area contributed by atoms with Crippen molar-refractivity contribution in [3.8, 4) is 0 Å². The molecule has 1 aliphatic carbocycles. The van der Waals surface area contributed by atoms with Crippen LogP contribution in [0.4, 0.5) is 0 Å². The van der Waals surface area contributed by atoms with Gasteiger partial charge in [-0.2, -0.15) is 0 Å². The molecule has 4 nitrogen and oxygen atoms in total. The van der Waals surface area contributed by atoms with Crippen molar-refractivity contribution < 1.29 is 17.9 Å². The zero-order chi connectivity index (χ0) is 14.8. The van der Waals surface area contributed by atoms with Crippen LogP contribution in [0.3, 0.4) is 0 Å². The second-order valence-electron chi connectivity index (χ2n) is 5.21. The Morgan fingerprint density at radius 3 is 2.55 bits per heavy atom. The standard InChI is InChI=1S/C13H17ClO4S2/c1-9-2-4-10(5-3-9)18-12(15)8-11-6-7-13(19-11)20(14,16)17/h6-7,9-10H,2-5,8H2,1H3. The molecule has 0 amide bonds. The first-order valence-corrected chi connectivity index (χ1v) is 9.70.